The van der Waals surface area contributed by atoms with Crippen LogP contribution in [-0.4, -0.2) is 25.1 Å². The molecule has 0 unspecified atom stereocenters. The lowest BCUT2D eigenvalue weighted by molar-refractivity contribution is 0.780. The molecule has 9 heteroatoms. The van der Waals surface area contributed by atoms with Gasteiger partial charge in [-0.2, -0.15) is 0 Å². The summed E-state index contributed by atoms with van der Waals surface area (Å²) in [5.74, 6) is 2.22. The molecular formula is C18H16ClN5OS2. The van der Waals surface area contributed by atoms with Gasteiger partial charge < -0.3 is 4.98 Å². The van der Waals surface area contributed by atoms with E-state index in [2.05, 4.69) is 39.0 Å². The Balaban J connectivity index is 1.63. The molecule has 27 heavy (non-hydrogen) atoms. The highest BCUT2D eigenvalue weighted by Gasteiger charge is 2.15. The molecule has 6 nitrogen and oxygen atoms in total. The van der Waals surface area contributed by atoms with E-state index in [0.717, 1.165) is 17.0 Å². The van der Waals surface area contributed by atoms with Crippen LogP contribution in [0.5, 0.6) is 0 Å². The molecule has 0 atom stereocenters. The molecule has 4 rings (SSSR count). The van der Waals surface area contributed by atoms with Gasteiger partial charge in [0, 0.05) is 27.4 Å². The van der Waals surface area contributed by atoms with Crippen LogP contribution < -0.4 is 5.56 Å². The maximum absolute atomic E-state index is 12.7. The van der Waals surface area contributed by atoms with Crippen molar-refractivity contribution < 1.29 is 0 Å². The maximum Gasteiger partial charge on any atom is 0.260 e. The molecule has 0 bridgehead atoms. The number of H-pyrrole nitrogens is 2. The number of aromatic amines is 2. The van der Waals surface area contributed by atoms with Crippen LogP contribution in [0.1, 0.15) is 31.4 Å². The Kier molecular flexibility index (Phi) is 5.03. The number of aromatic nitrogens is 5. The van der Waals surface area contributed by atoms with Crippen molar-refractivity contribution in [2.24, 2.45) is 0 Å². The molecule has 138 valence electrons. The Bertz CT molecular complexity index is 1160. The van der Waals surface area contributed by atoms with Gasteiger partial charge in [-0.15, -0.1) is 16.4 Å². The van der Waals surface area contributed by atoms with E-state index in [1.54, 1.807) is 0 Å². The number of rotatable bonds is 5. The average molecular weight is 418 g/mol. The molecule has 0 spiro atoms. The van der Waals surface area contributed by atoms with Crippen molar-refractivity contribution in [2.75, 3.05) is 0 Å². The van der Waals surface area contributed by atoms with Crippen LogP contribution in [0.2, 0.25) is 5.02 Å². The van der Waals surface area contributed by atoms with Crippen molar-refractivity contribution in [3.8, 4) is 11.1 Å². The lowest BCUT2D eigenvalue weighted by Gasteiger charge is -2.03. The molecule has 0 aliphatic heterocycles. The summed E-state index contributed by atoms with van der Waals surface area (Å²) in [5.41, 5.74) is 1.48. The Morgan fingerprint density at radius 1 is 1.22 bits per heavy atom. The van der Waals surface area contributed by atoms with Crippen LogP contribution in [0.25, 0.3) is 21.3 Å². The van der Waals surface area contributed by atoms with Crippen molar-refractivity contribution in [3.63, 3.8) is 0 Å². The van der Waals surface area contributed by atoms with E-state index in [4.69, 9.17) is 11.6 Å². The third-order valence-electron chi connectivity index (χ3n) is 4.02. The van der Waals surface area contributed by atoms with Crippen molar-refractivity contribution >= 4 is 44.9 Å². The van der Waals surface area contributed by atoms with Gasteiger partial charge in [0.05, 0.1) is 11.1 Å². The maximum atomic E-state index is 12.7. The summed E-state index contributed by atoms with van der Waals surface area (Å²) >= 11 is 9.16. The van der Waals surface area contributed by atoms with Gasteiger partial charge in [0.2, 0.25) is 5.16 Å². The summed E-state index contributed by atoms with van der Waals surface area (Å²) in [6.07, 6.45) is 0. The fourth-order valence-corrected chi connectivity index (χ4v) is 4.52. The number of nitrogens with zero attached hydrogens (tertiary/aromatic N) is 3. The number of halogens is 1. The molecule has 3 aromatic heterocycles. The Hall–Kier alpha value is -2.16. The van der Waals surface area contributed by atoms with Gasteiger partial charge >= 0.3 is 0 Å². The highest BCUT2D eigenvalue weighted by atomic mass is 35.5. The van der Waals surface area contributed by atoms with Gasteiger partial charge in [0.25, 0.3) is 5.56 Å². The number of hydrogen-bond acceptors (Lipinski definition) is 6. The standard InChI is InChI=1S/C18H16ClN5OS2/c1-9(2)15-22-18(24-23-15)27-8-13-20-16(25)14-11(7-26-17(14)21-13)10-5-3-4-6-12(10)19/h3-7,9H,8H2,1-2H3,(H,20,21,25)(H,22,23,24). The van der Waals surface area contributed by atoms with E-state index >= 15 is 0 Å². The van der Waals surface area contributed by atoms with Crippen LogP contribution in [0.15, 0.2) is 39.6 Å². The number of hydrogen-bond donors (Lipinski definition) is 2. The summed E-state index contributed by atoms with van der Waals surface area (Å²) in [6.45, 7) is 4.10. The van der Waals surface area contributed by atoms with Gasteiger partial charge in [-0.05, 0) is 6.07 Å². The van der Waals surface area contributed by atoms with Crippen molar-refractivity contribution in [1.29, 1.82) is 0 Å². The fraction of sp³-hybridized carbons (Fsp3) is 0.222. The molecule has 2 N–H and O–H groups in total. The largest absolute Gasteiger partial charge is 0.309 e. The van der Waals surface area contributed by atoms with Crippen molar-refractivity contribution in [2.45, 2.75) is 30.7 Å². The SMILES string of the molecule is CC(C)c1nc(SCc2nc3scc(-c4ccccc4Cl)c3c(=O)[nH]2)n[nH]1. The first-order chi connectivity index (χ1) is 13.0. The molecule has 0 fully saturated rings. The molecule has 0 amide bonds. The molecular weight excluding hydrogens is 402 g/mol. The van der Waals surface area contributed by atoms with Crippen LogP contribution in [0.4, 0.5) is 0 Å². The second-order valence-corrected chi connectivity index (χ2v) is 8.48. The summed E-state index contributed by atoms with van der Waals surface area (Å²) in [4.78, 5) is 25.3. The van der Waals surface area contributed by atoms with Gasteiger partial charge in [-0.3, -0.25) is 9.89 Å². The van der Waals surface area contributed by atoms with E-state index in [1.807, 2.05) is 29.6 Å². The zero-order chi connectivity index (χ0) is 19.0. The quantitative estimate of drug-likeness (QED) is 0.453. The third kappa shape index (κ3) is 3.65. The number of fused-ring (bicyclic) bond motifs is 1. The first-order valence-electron chi connectivity index (χ1n) is 8.33. The van der Waals surface area contributed by atoms with Crippen molar-refractivity contribution in [3.05, 3.63) is 56.7 Å². The summed E-state index contributed by atoms with van der Waals surface area (Å²) in [5, 5.41) is 10.9. The normalized spacial score (nSPS) is 11.6. The van der Waals surface area contributed by atoms with E-state index in [-0.39, 0.29) is 11.5 Å². The smallest absolute Gasteiger partial charge is 0.260 e. The first kappa shape index (κ1) is 18.2. The zero-order valence-electron chi connectivity index (χ0n) is 14.6. The molecule has 0 saturated heterocycles. The summed E-state index contributed by atoms with van der Waals surface area (Å²) < 4.78 is 0. The lowest BCUT2D eigenvalue weighted by atomic mass is 10.1. The minimum Gasteiger partial charge on any atom is -0.309 e. The van der Waals surface area contributed by atoms with Crippen LogP contribution in [0.3, 0.4) is 0 Å². The fourth-order valence-electron chi connectivity index (χ4n) is 2.65. The zero-order valence-corrected chi connectivity index (χ0v) is 17.0. The highest BCUT2D eigenvalue weighted by Crippen LogP contribution is 2.35. The first-order valence-corrected chi connectivity index (χ1v) is 10.6. The molecule has 3 heterocycles. The lowest BCUT2D eigenvalue weighted by Crippen LogP contribution is -2.10. The summed E-state index contributed by atoms with van der Waals surface area (Å²) in [7, 11) is 0. The van der Waals surface area contributed by atoms with E-state index in [1.165, 1.54) is 23.1 Å². The second-order valence-electron chi connectivity index (χ2n) is 6.27. The monoisotopic (exact) mass is 417 g/mol. The molecule has 0 saturated carbocycles. The van der Waals surface area contributed by atoms with Gasteiger partial charge in [-0.25, -0.2) is 9.97 Å². The summed E-state index contributed by atoms with van der Waals surface area (Å²) in [6, 6.07) is 7.49. The molecule has 4 aromatic rings. The predicted molar refractivity (Wildman–Crippen MR) is 111 cm³/mol. The van der Waals surface area contributed by atoms with Crippen LogP contribution in [-0.2, 0) is 5.75 Å². The van der Waals surface area contributed by atoms with Crippen LogP contribution in [0, 0.1) is 0 Å². The average Bonchev–Trinajstić information content (AvgIpc) is 3.28. The predicted octanol–water partition coefficient (Wildman–Crippen LogP) is 4.84. The van der Waals surface area contributed by atoms with E-state index in [0.29, 0.717) is 32.0 Å². The van der Waals surface area contributed by atoms with Crippen molar-refractivity contribution in [1.82, 2.24) is 25.1 Å². The highest BCUT2D eigenvalue weighted by molar-refractivity contribution is 7.98. The number of nitrogens with one attached hydrogen (secondary N) is 2. The number of thiophene rings is 1. The Labute approximate surface area is 168 Å². The molecule has 0 aliphatic rings. The van der Waals surface area contributed by atoms with Gasteiger partial charge in [0.1, 0.15) is 16.5 Å². The Morgan fingerprint density at radius 3 is 2.78 bits per heavy atom. The van der Waals surface area contributed by atoms with E-state index in [9.17, 15) is 4.79 Å². The van der Waals surface area contributed by atoms with Crippen LogP contribution >= 0.6 is 34.7 Å². The molecule has 1 aromatic carbocycles. The minimum atomic E-state index is -0.162. The number of thioether (sulfide) groups is 1. The topological polar surface area (TPSA) is 87.3 Å². The van der Waals surface area contributed by atoms with Gasteiger partial charge in [0.15, 0.2) is 0 Å². The third-order valence-corrected chi connectivity index (χ3v) is 6.08. The van der Waals surface area contributed by atoms with E-state index < -0.39 is 0 Å². The molecule has 0 aliphatic carbocycles. The minimum absolute atomic E-state index is 0.162. The number of benzene rings is 1. The Morgan fingerprint density at radius 2 is 2.04 bits per heavy atom. The van der Waals surface area contributed by atoms with Gasteiger partial charge in [-0.1, -0.05) is 55.4 Å². The second kappa shape index (κ2) is 7.46. The molecule has 0 radical (unpaired) electrons.